The molecule has 0 N–H and O–H groups in total. The van der Waals surface area contributed by atoms with E-state index in [4.69, 9.17) is 21.7 Å². The van der Waals surface area contributed by atoms with Crippen molar-refractivity contribution in [3.63, 3.8) is 0 Å². The Labute approximate surface area is 187 Å². The number of hydrogen-bond donors (Lipinski definition) is 0. The van der Waals surface area contributed by atoms with Gasteiger partial charge in [0.1, 0.15) is 0 Å². The molecule has 1 aliphatic rings. The largest absolute Gasteiger partial charge is 0.294 e. The summed E-state index contributed by atoms with van der Waals surface area (Å²) >= 11 is 6.00. The summed E-state index contributed by atoms with van der Waals surface area (Å²) in [7, 11) is 0. The molecule has 1 aliphatic heterocycles. The maximum Gasteiger partial charge on any atom is 0.159 e. The van der Waals surface area contributed by atoms with Crippen molar-refractivity contribution >= 4 is 11.6 Å². The summed E-state index contributed by atoms with van der Waals surface area (Å²) in [5.41, 5.74) is 8.02. The molecule has 5 rings (SSSR count). The Kier molecular flexibility index (Phi) is 5.30. The van der Waals surface area contributed by atoms with Gasteiger partial charge in [-0.3, -0.25) is 4.90 Å². The highest BCUT2D eigenvalue weighted by atomic mass is 35.5. The summed E-state index contributed by atoms with van der Waals surface area (Å²) < 4.78 is 2.05. The second-order valence-electron chi connectivity index (χ2n) is 8.03. The van der Waals surface area contributed by atoms with E-state index < -0.39 is 0 Å². The Morgan fingerprint density at radius 2 is 1.77 bits per heavy atom. The van der Waals surface area contributed by atoms with Crippen LogP contribution in [-0.4, -0.2) is 31.2 Å². The van der Waals surface area contributed by atoms with E-state index in [1.54, 1.807) is 0 Å². The zero-order valence-corrected chi connectivity index (χ0v) is 18.5. The van der Waals surface area contributed by atoms with Crippen LogP contribution in [0.2, 0.25) is 5.02 Å². The molecule has 0 radical (unpaired) electrons. The topological polar surface area (TPSA) is 46.8 Å². The normalized spacial score (nSPS) is 13.9. The monoisotopic (exact) mass is 429 g/mol. The molecule has 31 heavy (non-hydrogen) atoms. The van der Waals surface area contributed by atoms with E-state index in [9.17, 15) is 0 Å². The van der Waals surface area contributed by atoms with Crippen LogP contribution in [0.25, 0.3) is 17.1 Å². The highest BCUT2D eigenvalue weighted by Crippen LogP contribution is 2.25. The summed E-state index contributed by atoms with van der Waals surface area (Å²) in [6, 6.07) is 18.0. The molecule has 3 heterocycles. The second-order valence-corrected chi connectivity index (χ2v) is 8.47. The SMILES string of the molecule is Cc1nn(-c2ccccc2)c(C)c1CN1CCc2nc(-c3ccc(Cl)cc3)ncc2C1. The zero-order chi connectivity index (χ0) is 21.4. The maximum absolute atomic E-state index is 6.00. The van der Waals surface area contributed by atoms with Gasteiger partial charge in [-0.05, 0) is 50.2 Å². The molecule has 0 saturated carbocycles. The molecular weight excluding hydrogens is 406 g/mol. The fourth-order valence-corrected chi connectivity index (χ4v) is 4.32. The first-order valence-electron chi connectivity index (χ1n) is 10.5. The van der Waals surface area contributed by atoms with Crippen molar-refractivity contribution in [2.75, 3.05) is 6.54 Å². The van der Waals surface area contributed by atoms with Gasteiger partial charge in [-0.2, -0.15) is 5.10 Å². The zero-order valence-electron chi connectivity index (χ0n) is 17.7. The van der Waals surface area contributed by atoms with Crippen molar-refractivity contribution in [1.29, 1.82) is 0 Å². The predicted molar refractivity (Wildman–Crippen MR) is 123 cm³/mol. The Morgan fingerprint density at radius 3 is 2.55 bits per heavy atom. The van der Waals surface area contributed by atoms with Crippen LogP contribution in [0.4, 0.5) is 0 Å². The average Bonchev–Trinajstić information content (AvgIpc) is 3.08. The Bertz CT molecular complexity index is 1210. The highest BCUT2D eigenvalue weighted by Gasteiger charge is 2.22. The first-order valence-corrected chi connectivity index (χ1v) is 10.9. The number of benzene rings is 2. The van der Waals surface area contributed by atoms with E-state index in [1.807, 2.05) is 53.3 Å². The summed E-state index contributed by atoms with van der Waals surface area (Å²) in [6.07, 6.45) is 2.90. The molecule has 5 nitrogen and oxygen atoms in total. The molecule has 4 aromatic rings. The van der Waals surface area contributed by atoms with Gasteiger partial charge in [-0.25, -0.2) is 14.6 Å². The Morgan fingerprint density at radius 1 is 1.00 bits per heavy atom. The average molecular weight is 430 g/mol. The molecule has 2 aromatic heterocycles. The van der Waals surface area contributed by atoms with Crippen molar-refractivity contribution in [1.82, 2.24) is 24.6 Å². The molecule has 0 atom stereocenters. The molecular formula is C25H24ClN5. The molecule has 0 saturated heterocycles. The first-order chi connectivity index (χ1) is 15.1. The van der Waals surface area contributed by atoms with Crippen LogP contribution in [0.1, 0.15) is 28.2 Å². The first kappa shape index (κ1) is 19.9. The minimum atomic E-state index is 0.721. The summed E-state index contributed by atoms with van der Waals surface area (Å²) in [6.45, 7) is 6.96. The standard InChI is InChI=1S/C25H24ClN5/c1-17-23(18(2)31(29-17)22-6-4-3-5-7-22)16-30-13-12-24-20(15-30)14-27-25(28-24)19-8-10-21(26)11-9-19/h3-11,14H,12-13,15-16H2,1-2H3. The smallest absolute Gasteiger partial charge is 0.159 e. The van der Waals surface area contributed by atoms with Gasteiger partial charge in [-0.15, -0.1) is 0 Å². The van der Waals surface area contributed by atoms with E-state index in [0.717, 1.165) is 59.5 Å². The van der Waals surface area contributed by atoms with Crippen LogP contribution in [0.5, 0.6) is 0 Å². The third-order valence-electron chi connectivity index (χ3n) is 5.94. The number of rotatable bonds is 4. The summed E-state index contributed by atoms with van der Waals surface area (Å²) in [4.78, 5) is 11.9. The molecule has 0 bridgehead atoms. The van der Waals surface area contributed by atoms with E-state index in [0.29, 0.717) is 0 Å². The fourth-order valence-electron chi connectivity index (χ4n) is 4.20. The number of nitrogens with zero attached hydrogens (tertiary/aromatic N) is 5. The number of para-hydroxylation sites is 1. The van der Waals surface area contributed by atoms with Crippen molar-refractivity contribution in [3.05, 3.63) is 94.0 Å². The molecule has 2 aromatic carbocycles. The van der Waals surface area contributed by atoms with Crippen LogP contribution in [0.15, 0.2) is 60.8 Å². The lowest BCUT2D eigenvalue weighted by molar-refractivity contribution is 0.242. The number of hydrogen-bond acceptors (Lipinski definition) is 4. The van der Waals surface area contributed by atoms with Crippen LogP contribution in [0, 0.1) is 13.8 Å². The molecule has 0 fully saturated rings. The quantitative estimate of drug-likeness (QED) is 0.449. The molecule has 0 aliphatic carbocycles. The van der Waals surface area contributed by atoms with Crippen LogP contribution < -0.4 is 0 Å². The van der Waals surface area contributed by atoms with Crippen LogP contribution in [0.3, 0.4) is 0 Å². The molecule has 0 spiro atoms. The maximum atomic E-state index is 6.00. The molecule has 0 amide bonds. The van der Waals surface area contributed by atoms with Gasteiger partial charge in [-0.1, -0.05) is 29.8 Å². The van der Waals surface area contributed by atoms with E-state index in [2.05, 4.69) is 35.9 Å². The van der Waals surface area contributed by atoms with E-state index >= 15 is 0 Å². The number of fused-ring (bicyclic) bond motifs is 1. The van der Waals surface area contributed by atoms with Gasteiger partial charge >= 0.3 is 0 Å². The van der Waals surface area contributed by atoms with Crippen molar-refractivity contribution in [2.45, 2.75) is 33.4 Å². The lowest BCUT2D eigenvalue weighted by Crippen LogP contribution is -2.31. The van der Waals surface area contributed by atoms with Gasteiger partial charge in [0.05, 0.1) is 17.1 Å². The van der Waals surface area contributed by atoms with E-state index in [-0.39, 0.29) is 0 Å². The lowest BCUT2D eigenvalue weighted by Gasteiger charge is -2.28. The van der Waals surface area contributed by atoms with Crippen molar-refractivity contribution in [3.8, 4) is 17.1 Å². The summed E-state index contributed by atoms with van der Waals surface area (Å²) in [5, 5.41) is 5.52. The van der Waals surface area contributed by atoms with Crippen molar-refractivity contribution < 1.29 is 0 Å². The third-order valence-corrected chi connectivity index (χ3v) is 6.19. The fraction of sp³-hybridized carbons (Fsp3) is 0.240. The third kappa shape index (κ3) is 3.99. The molecule has 0 unspecified atom stereocenters. The Hall–Kier alpha value is -3.02. The second kappa shape index (κ2) is 8.25. The number of aryl methyl sites for hydroxylation is 1. The summed E-state index contributed by atoms with van der Waals surface area (Å²) in [5.74, 6) is 0.764. The van der Waals surface area contributed by atoms with Crippen molar-refractivity contribution in [2.24, 2.45) is 0 Å². The lowest BCUT2D eigenvalue weighted by atomic mass is 10.1. The highest BCUT2D eigenvalue weighted by molar-refractivity contribution is 6.30. The molecule has 156 valence electrons. The van der Waals surface area contributed by atoms with Gasteiger partial charge in [0.25, 0.3) is 0 Å². The number of halogens is 1. The molecule has 6 heteroatoms. The Balaban J connectivity index is 1.35. The van der Waals surface area contributed by atoms with Gasteiger partial charge in [0.2, 0.25) is 0 Å². The van der Waals surface area contributed by atoms with Crippen LogP contribution in [-0.2, 0) is 19.5 Å². The predicted octanol–water partition coefficient (Wildman–Crippen LogP) is 5.16. The van der Waals surface area contributed by atoms with Gasteiger partial charge < -0.3 is 0 Å². The van der Waals surface area contributed by atoms with Gasteiger partial charge in [0.15, 0.2) is 5.82 Å². The van der Waals surface area contributed by atoms with Crippen LogP contribution >= 0.6 is 11.6 Å². The minimum Gasteiger partial charge on any atom is -0.294 e. The van der Waals surface area contributed by atoms with E-state index in [1.165, 1.54) is 16.8 Å². The van der Waals surface area contributed by atoms with Gasteiger partial charge in [0, 0.05) is 59.7 Å². The minimum absolute atomic E-state index is 0.721. The number of aromatic nitrogens is 4.